The first-order chi connectivity index (χ1) is 15.0. The molecule has 160 valence electrons. The number of pyridine rings is 1. The maximum absolute atomic E-state index is 12.9. The van der Waals surface area contributed by atoms with Crippen LogP contribution >= 0.6 is 0 Å². The summed E-state index contributed by atoms with van der Waals surface area (Å²) in [7, 11) is 3.99. The molecule has 4 rings (SSSR count). The standard InChI is InChI=1S/C25H29N5O/c1-17-6-4-8-20(12-17)22(28-24(31)13-18-7-5-11-26-16-18)14-21-15-23(30(2)3)29-25(27-21)19-9-10-19/h4-8,11-12,15-16,19,22H,9-10,13-14H2,1-3H3,(H,28,31)/t22-/m0/s1. The van der Waals surface area contributed by atoms with E-state index >= 15 is 0 Å². The van der Waals surface area contributed by atoms with E-state index in [0.29, 0.717) is 18.8 Å². The van der Waals surface area contributed by atoms with Gasteiger partial charge in [-0.05, 0) is 37.0 Å². The predicted octanol–water partition coefficient (Wildman–Crippen LogP) is 3.77. The van der Waals surface area contributed by atoms with Gasteiger partial charge in [0.05, 0.1) is 12.5 Å². The number of anilines is 1. The molecule has 2 heterocycles. The van der Waals surface area contributed by atoms with Gasteiger partial charge in [-0.2, -0.15) is 0 Å². The Morgan fingerprint density at radius 3 is 2.68 bits per heavy atom. The van der Waals surface area contributed by atoms with Gasteiger partial charge < -0.3 is 10.2 Å². The maximum Gasteiger partial charge on any atom is 0.224 e. The molecule has 0 aliphatic heterocycles. The zero-order valence-corrected chi connectivity index (χ0v) is 18.4. The van der Waals surface area contributed by atoms with Crippen LogP contribution in [0.5, 0.6) is 0 Å². The van der Waals surface area contributed by atoms with Crippen LogP contribution in [-0.2, 0) is 17.6 Å². The van der Waals surface area contributed by atoms with Gasteiger partial charge in [-0.3, -0.25) is 9.78 Å². The lowest BCUT2D eigenvalue weighted by molar-refractivity contribution is -0.121. The van der Waals surface area contributed by atoms with E-state index in [1.807, 2.05) is 43.3 Å². The highest BCUT2D eigenvalue weighted by molar-refractivity contribution is 5.79. The number of aryl methyl sites for hydroxylation is 1. The molecule has 1 aromatic carbocycles. The highest BCUT2D eigenvalue weighted by Crippen LogP contribution is 2.38. The number of nitrogens with one attached hydrogen (secondary N) is 1. The maximum atomic E-state index is 12.9. The fraction of sp³-hybridized carbons (Fsp3) is 0.360. The van der Waals surface area contributed by atoms with Gasteiger partial charge >= 0.3 is 0 Å². The van der Waals surface area contributed by atoms with Crippen molar-refractivity contribution in [3.63, 3.8) is 0 Å². The molecule has 3 aromatic rings. The SMILES string of the molecule is Cc1cccc([C@H](Cc2cc(N(C)C)nc(C3CC3)n2)NC(=O)Cc2cccnc2)c1. The zero-order chi connectivity index (χ0) is 21.8. The van der Waals surface area contributed by atoms with Crippen molar-refractivity contribution < 1.29 is 4.79 Å². The van der Waals surface area contributed by atoms with Crippen molar-refractivity contribution in [1.82, 2.24) is 20.3 Å². The monoisotopic (exact) mass is 415 g/mol. The third kappa shape index (κ3) is 5.66. The van der Waals surface area contributed by atoms with E-state index in [4.69, 9.17) is 9.97 Å². The number of carbonyl (C=O) groups is 1. The number of nitrogens with zero attached hydrogens (tertiary/aromatic N) is 4. The summed E-state index contributed by atoms with van der Waals surface area (Å²) in [5.74, 6) is 2.28. The predicted molar refractivity (Wildman–Crippen MR) is 122 cm³/mol. The summed E-state index contributed by atoms with van der Waals surface area (Å²) in [5.41, 5.74) is 4.10. The van der Waals surface area contributed by atoms with Gasteiger partial charge in [0.15, 0.2) is 0 Å². The molecule has 1 atom stereocenters. The molecular formula is C25H29N5O. The second kappa shape index (κ2) is 9.25. The summed E-state index contributed by atoms with van der Waals surface area (Å²) in [6, 6.07) is 13.9. The summed E-state index contributed by atoms with van der Waals surface area (Å²) in [4.78, 5) is 28.6. The minimum atomic E-state index is -0.166. The van der Waals surface area contributed by atoms with Crippen LogP contribution in [0.15, 0.2) is 54.9 Å². The molecular weight excluding hydrogens is 386 g/mol. The minimum absolute atomic E-state index is 0.0242. The second-order valence-electron chi connectivity index (χ2n) is 8.52. The van der Waals surface area contributed by atoms with Crippen molar-refractivity contribution in [3.05, 3.63) is 83.1 Å². The highest BCUT2D eigenvalue weighted by atomic mass is 16.1. The van der Waals surface area contributed by atoms with E-state index in [0.717, 1.165) is 41.3 Å². The Morgan fingerprint density at radius 1 is 1.16 bits per heavy atom. The van der Waals surface area contributed by atoms with Crippen LogP contribution in [0.2, 0.25) is 0 Å². The number of carbonyl (C=O) groups excluding carboxylic acids is 1. The molecule has 31 heavy (non-hydrogen) atoms. The molecule has 0 unspecified atom stereocenters. The number of hydrogen-bond donors (Lipinski definition) is 1. The van der Waals surface area contributed by atoms with Crippen LogP contribution in [0.25, 0.3) is 0 Å². The van der Waals surface area contributed by atoms with Crippen molar-refractivity contribution in [2.75, 3.05) is 19.0 Å². The lowest BCUT2D eigenvalue weighted by Gasteiger charge is -2.21. The molecule has 6 heteroatoms. The Kier molecular flexibility index (Phi) is 6.26. The average molecular weight is 416 g/mol. The summed E-state index contributed by atoms with van der Waals surface area (Å²) in [5, 5.41) is 3.23. The van der Waals surface area contributed by atoms with Crippen molar-refractivity contribution >= 4 is 11.7 Å². The molecule has 0 bridgehead atoms. The normalized spacial score (nSPS) is 14.2. The van der Waals surface area contributed by atoms with Gasteiger partial charge in [-0.15, -0.1) is 0 Å². The first kappa shape index (κ1) is 21.0. The van der Waals surface area contributed by atoms with E-state index in [-0.39, 0.29) is 11.9 Å². The number of aromatic nitrogens is 3. The first-order valence-electron chi connectivity index (χ1n) is 10.8. The van der Waals surface area contributed by atoms with Crippen molar-refractivity contribution in [3.8, 4) is 0 Å². The fourth-order valence-electron chi connectivity index (χ4n) is 3.64. The number of amides is 1. The molecule has 1 N–H and O–H groups in total. The van der Waals surface area contributed by atoms with Crippen LogP contribution in [0, 0.1) is 6.92 Å². The molecule has 1 saturated carbocycles. The molecule has 1 fully saturated rings. The molecule has 1 aliphatic carbocycles. The molecule has 0 saturated heterocycles. The molecule has 0 spiro atoms. The molecule has 1 aliphatic rings. The molecule has 1 amide bonds. The molecule has 6 nitrogen and oxygen atoms in total. The highest BCUT2D eigenvalue weighted by Gasteiger charge is 2.28. The van der Waals surface area contributed by atoms with Crippen LogP contribution in [0.4, 0.5) is 5.82 Å². The van der Waals surface area contributed by atoms with E-state index in [1.165, 1.54) is 5.56 Å². The number of rotatable bonds is 8. The van der Waals surface area contributed by atoms with Gasteiger partial charge in [0, 0.05) is 50.6 Å². The summed E-state index contributed by atoms with van der Waals surface area (Å²) in [6.07, 6.45) is 6.67. The first-order valence-corrected chi connectivity index (χ1v) is 10.8. The summed E-state index contributed by atoms with van der Waals surface area (Å²) >= 11 is 0. The largest absolute Gasteiger partial charge is 0.363 e. The van der Waals surface area contributed by atoms with Crippen molar-refractivity contribution in [2.45, 2.75) is 44.6 Å². The van der Waals surface area contributed by atoms with E-state index in [9.17, 15) is 4.79 Å². The van der Waals surface area contributed by atoms with E-state index in [2.05, 4.69) is 35.4 Å². The Morgan fingerprint density at radius 2 is 2.00 bits per heavy atom. The van der Waals surface area contributed by atoms with Gasteiger partial charge in [-0.1, -0.05) is 35.9 Å². The van der Waals surface area contributed by atoms with Gasteiger partial charge in [0.1, 0.15) is 11.6 Å². The second-order valence-corrected chi connectivity index (χ2v) is 8.52. The Bertz CT molecular complexity index is 1030. The fourth-order valence-corrected chi connectivity index (χ4v) is 3.64. The van der Waals surface area contributed by atoms with Crippen LogP contribution in [0.3, 0.4) is 0 Å². The Hall–Kier alpha value is -3.28. The third-order valence-electron chi connectivity index (χ3n) is 5.46. The average Bonchev–Trinajstić information content (AvgIpc) is 3.59. The van der Waals surface area contributed by atoms with Crippen molar-refractivity contribution in [2.24, 2.45) is 0 Å². The lowest BCUT2D eigenvalue weighted by Crippen LogP contribution is -2.31. The zero-order valence-electron chi connectivity index (χ0n) is 18.4. The smallest absolute Gasteiger partial charge is 0.224 e. The Labute approximate surface area is 183 Å². The lowest BCUT2D eigenvalue weighted by atomic mass is 9.99. The number of benzene rings is 1. The summed E-state index contributed by atoms with van der Waals surface area (Å²) in [6.45, 7) is 2.07. The van der Waals surface area contributed by atoms with E-state index in [1.54, 1.807) is 12.4 Å². The van der Waals surface area contributed by atoms with E-state index < -0.39 is 0 Å². The van der Waals surface area contributed by atoms with Crippen LogP contribution in [-0.4, -0.2) is 35.0 Å². The minimum Gasteiger partial charge on any atom is -0.363 e. The van der Waals surface area contributed by atoms with Crippen LogP contribution in [0.1, 0.15) is 53.0 Å². The van der Waals surface area contributed by atoms with Crippen molar-refractivity contribution in [1.29, 1.82) is 0 Å². The van der Waals surface area contributed by atoms with Gasteiger partial charge in [0.2, 0.25) is 5.91 Å². The Balaban J connectivity index is 1.59. The third-order valence-corrected chi connectivity index (χ3v) is 5.46. The topological polar surface area (TPSA) is 71.0 Å². The van der Waals surface area contributed by atoms with Gasteiger partial charge in [-0.25, -0.2) is 9.97 Å². The molecule has 2 aromatic heterocycles. The number of hydrogen-bond acceptors (Lipinski definition) is 5. The quantitative estimate of drug-likeness (QED) is 0.606. The van der Waals surface area contributed by atoms with Gasteiger partial charge in [0.25, 0.3) is 0 Å². The summed E-state index contributed by atoms with van der Waals surface area (Å²) < 4.78 is 0. The van der Waals surface area contributed by atoms with Crippen LogP contribution < -0.4 is 10.2 Å². The molecule has 0 radical (unpaired) electrons.